The summed E-state index contributed by atoms with van der Waals surface area (Å²) in [5, 5.41) is 3.59. The number of aromatic nitrogens is 1. The molecule has 3 rings (SSSR count). The van der Waals surface area contributed by atoms with E-state index in [1.54, 1.807) is 0 Å². The minimum Gasteiger partial charge on any atom is -0.312 e. The van der Waals surface area contributed by atoms with Crippen molar-refractivity contribution in [1.82, 2.24) is 15.2 Å². The molecule has 2 atom stereocenters. The van der Waals surface area contributed by atoms with Gasteiger partial charge in [-0.05, 0) is 36.9 Å². The lowest BCUT2D eigenvalue weighted by molar-refractivity contribution is 0.318. The highest BCUT2D eigenvalue weighted by Crippen LogP contribution is 2.24. The van der Waals surface area contributed by atoms with E-state index in [2.05, 4.69) is 21.3 Å². The molecule has 1 aromatic rings. The van der Waals surface area contributed by atoms with Crippen LogP contribution in [-0.2, 0) is 6.42 Å². The van der Waals surface area contributed by atoms with Crippen LogP contribution < -0.4 is 5.32 Å². The summed E-state index contributed by atoms with van der Waals surface area (Å²) >= 11 is 0. The molecule has 3 nitrogen and oxygen atoms in total. The number of pyridine rings is 1. The van der Waals surface area contributed by atoms with Crippen LogP contribution in [0.25, 0.3) is 0 Å². The largest absolute Gasteiger partial charge is 0.312 e. The first-order chi connectivity index (χ1) is 7.92. The predicted molar refractivity (Wildman–Crippen MR) is 64.3 cm³/mol. The van der Waals surface area contributed by atoms with Crippen LogP contribution >= 0.6 is 0 Å². The van der Waals surface area contributed by atoms with Crippen molar-refractivity contribution in [2.24, 2.45) is 5.92 Å². The lowest BCUT2D eigenvalue weighted by Gasteiger charge is -2.16. The van der Waals surface area contributed by atoms with Crippen molar-refractivity contribution in [2.45, 2.75) is 18.9 Å². The first-order valence-corrected chi connectivity index (χ1v) is 6.26. The monoisotopic (exact) mass is 217 g/mol. The highest BCUT2D eigenvalue weighted by molar-refractivity contribution is 5.09. The fourth-order valence-electron chi connectivity index (χ4n) is 2.95. The molecule has 0 amide bonds. The van der Waals surface area contributed by atoms with Gasteiger partial charge in [-0.15, -0.1) is 0 Å². The van der Waals surface area contributed by atoms with Crippen LogP contribution in [0.5, 0.6) is 0 Å². The Hall–Kier alpha value is -0.930. The molecule has 3 heteroatoms. The molecule has 86 valence electrons. The van der Waals surface area contributed by atoms with Crippen molar-refractivity contribution >= 4 is 0 Å². The third kappa shape index (κ3) is 2.11. The summed E-state index contributed by atoms with van der Waals surface area (Å²) in [6.07, 6.45) is 6.32. The quantitative estimate of drug-likeness (QED) is 0.816. The molecule has 2 aliphatic heterocycles. The second-order valence-corrected chi connectivity index (χ2v) is 4.98. The first-order valence-electron chi connectivity index (χ1n) is 6.26. The number of rotatable bonds is 3. The van der Waals surface area contributed by atoms with Gasteiger partial charge in [-0.1, -0.05) is 6.07 Å². The fraction of sp³-hybridized carbons (Fsp3) is 0.615. The Kier molecular flexibility index (Phi) is 2.89. The van der Waals surface area contributed by atoms with Crippen molar-refractivity contribution in [3.63, 3.8) is 0 Å². The van der Waals surface area contributed by atoms with Crippen LogP contribution in [0.15, 0.2) is 24.5 Å². The highest BCUT2D eigenvalue weighted by atomic mass is 15.2. The summed E-state index contributed by atoms with van der Waals surface area (Å²) < 4.78 is 0. The van der Waals surface area contributed by atoms with Gasteiger partial charge < -0.3 is 10.2 Å². The number of nitrogens with one attached hydrogen (secondary N) is 1. The van der Waals surface area contributed by atoms with E-state index in [4.69, 9.17) is 0 Å². The molecule has 0 bridgehead atoms. The second kappa shape index (κ2) is 4.52. The summed E-state index contributed by atoms with van der Waals surface area (Å²) in [4.78, 5) is 6.75. The van der Waals surface area contributed by atoms with Gasteiger partial charge >= 0.3 is 0 Å². The molecule has 0 spiro atoms. The van der Waals surface area contributed by atoms with Gasteiger partial charge in [0, 0.05) is 38.1 Å². The molecule has 0 aromatic carbocycles. The average molecular weight is 217 g/mol. The number of fused-ring (bicyclic) bond motifs is 1. The topological polar surface area (TPSA) is 28.2 Å². The zero-order valence-corrected chi connectivity index (χ0v) is 9.60. The molecule has 0 saturated carbocycles. The van der Waals surface area contributed by atoms with Crippen molar-refractivity contribution in [3.05, 3.63) is 30.1 Å². The van der Waals surface area contributed by atoms with Gasteiger partial charge in [-0.2, -0.15) is 0 Å². The van der Waals surface area contributed by atoms with E-state index in [9.17, 15) is 0 Å². The van der Waals surface area contributed by atoms with Crippen molar-refractivity contribution in [2.75, 3.05) is 26.2 Å². The Morgan fingerprint density at radius 3 is 3.25 bits per heavy atom. The van der Waals surface area contributed by atoms with Crippen LogP contribution in [0.1, 0.15) is 12.0 Å². The molecule has 2 fully saturated rings. The zero-order chi connectivity index (χ0) is 10.8. The molecular formula is C13H19N3. The summed E-state index contributed by atoms with van der Waals surface area (Å²) in [5.41, 5.74) is 1.35. The van der Waals surface area contributed by atoms with Gasteiger partial charge in [0.25, 0.3) is 0 Å². The average Bonchev–Trinajstić information content (AvgIpc) is 2.88. The van der Waals surface area contributed by atoms with Gasteiger partial charge in [-0.3, -0.25) is 4.98 Å². The van der Waals surface area contributed by atoms with E-state index in [1.807, 2.05) is 18.5 Å². The molecule has 16 heavy (non-hydrogen) atoms. The summed E-state index contributed by atoms with van der Waals surface area (Å²) in [6, 6.07) is 4.96. The molecule has 1 aromatic heterocycles. The molecule has 1 N–H and O–H groups in total. The van der Waals surface area contributed by atoms with Crippen molar-refractivity contribution < 1.29 is 0 Å². The third-order valence-electron chi connectivity index (χ3n) is 3.88. The summed E-state index contributed by atoms with van der Waals surface area (Å²) in [6.45, 7) is 4.94. The molecule has 0 unspecified atom stereocenters. The highest BCUT2D eigenvalue weighted by Gasteiger charge is 2.35. The van der Waals surface area contributed by atoms with Gasteiger partial charge in [0.05, 0.1) is 0 Å². The fourth-order valence-corrected chi connectivity index (χ4v) is 2.95. The van der Waals surface area contributed by atoms with Gasteiger partial charge in [-0.25, -0.2) is 0 Å². The number of nitrogens with zero attached hydrogens (tertiary/aromatic N) is 2. The van der Waals surface area contributed by atoms with E-state index in [1.165, 1.54) is 38.2 Å². The standard InChI is InChI=1S/C13H19N3/c1-2-11(8-14-5-1)4-7-16-9-12-3-6-15-13(12)10-16/h1-2,5,8,12-13,15H,3-4,6-7,9-10H2/t12-,13+/m0/s1. The van der Waals surface area contributed by atoms with Crippen molar-refractivity contribution in [1.29, 1.82) is 0 Å². The van der Waals surface area contributed by atoms with Crippen LogP contribution in [0.4, 0.5) is 0 Å². The Morgan fingerprint density at radius 1 is 1.44 bits per heavy atom. The maximum atomic E-state index is 4.16. The van der Waals surface area contributed by atoms with E-state index < -0.39 is 0 Å². The molecule has 0 aliphatic carbocycles. The number of hydrogen-bond acceptors (Lipinski definition) is 3. The van der Waals surface area contributed by atoms with Crippen LogP contribution in [0.2, 0.25) is 0 Å². The van der Waals surface area contributed by atoms with Gasteiger partial charge in [0.15, 0.2) is 0 Å². The maximum absolute atomic E-state index is 4.16. The first kappa shape index (κ1) is 10.2. The van der Waals surface area contributed by atoms with E-state index in [0.29, 0.717) is 0 Å². The Bertz CT molecular complexity index is 326. The second-order valence-electron chi connectivity index (χ2n) is 4.98. The zero-order valence-electron chi connectivity index (χ0n) is 9.60. The lowest BCUT2D eigenvalue weighted by atomic mass is 10.1. The maximum Gasteiger partial charge on any atom is 0.0300 e. The Labute approximate surface area is 96.9 Å². The van der Waals surface area contributed by atoms with Crippen LogP contribution in [0.3, 0.4) is 0 Å². The Morgan fingerprint density at radius 2 is 2.44 bits per heavy atom. The van der Waals surface area contributed by atoms with Gasteiger partial charge in [0.1, 0.15) is 0 Å². The number of likely N-dealkylation sites (tertiary alicyclic amines) is 1. The van der Waals surface area contributed by atoms with E-state index in [0.717, 1.165) is 18.4 Å². The van der Waals surface area contributed by atoms with Crippen molar-refractivity contribution in [3.8, 4) is 0 Å². The molecule has 2 aliphatic rings. The normalized spacial score (nSPS) is 29.5. The molecule has 3 heterocycles. The smallest absolute Gasteiger partial charge is 0.0300 e. The van der Waals surface area contributed by atoms with E-state index >= 15 is 0 Å². The third-order valence-corrected chi connectivity index (χ3v) is 3.88. The molecule has 2 saturated heterocycles. The lowest BCUT2D eigenvalue weighted by Crippen LogP contribution is -2.31. The minimum absolute atomic E-state index is 0.772. The van der Waals surface area contributed by atoms with Gasteiger partial charge in [0.2, 0.25) is 0 Å². The molecule has 0 radical (unpaired) electrons. The number of hydrogen-bond donors (Lipinski definition) is 1. The Balaban J connectivity index is 1.50. The minimum atomic E-state index is 0.772. The van der Waals surface area contributed by atoms with E-state index in [-0.39, 0.29) is 0 Å². The molecular weight excluding hydrogens is 198 g/mol. The van der Waals surface area contributed by atoms with Crippen LogP contribution in [0, 0.1) is 5.92 Å². The van der Waals surface area contributed by atoms with Crippen LogP contribution in [-0.4, -0.2) is 42.1 Å². The summed E-state index contributed by atoms with van der Waals surface area (Å²) in [7, 11) is 0. The SMILES string of the molecule is c1cncc(CCN2C[C@@H]3CCN[C@@H]3C2)c1. The summed E-state index contributed by atoms with van der Waals surface area (Å²) in [5.74, 6) is 0.911. The predicted octanol–water partition coefficient (Wildman–Crippen LogP) is 0.918.